The van der Waals surface area contributed by atoms with Crippen molar-refractivity contribution in [1.29, 1.82) is 0 Å². The highest BCUT2D eigenvalue weighted by atomic mass is 19.1. The number of aromatic nitrogens is 2. The Morgan fingerprint density at radius 1 is 0.615 bits per heavy atom. The Labute approximate surface area is 380 Å². The average Bonchev–Trinajstić information content (AvgIpc) is 3.35. The van der Waals surface area contributed by atoms with E-state index in [0.717, 1.165) is 87.7 Å². The van der Waals surface area contributed by atoms with E-state index in [0.29, 0.717) is 24.5 Å². The number of hydrogen-bond acceptors (Lipinski definition) is 9. The highest BCUT2D eigenvalue weighted by Crippen LogP contribution is 2.25. The minimum absolute atomic E-state index is 0.00917. The Balaban J connectivity index is 0.000000178. The number of benzene rings is 4. The summed E-state index contributed by atoms with van der Waals surface area (Å²) < 4.78 is 38.2. The number of nitrogens with two attached hydrogens (primary N) is 1. The number of carboxylic acid groups (broad SMARTS) is 1. The number of ether oxygens (including phenoxy) is 2. The quantitative estimate of drug-likeness (QED) is 0.0921. The maximum atomic E-state index is 13.8. The van der Waals surface area contributed by atoms with Crippen LogP contribution >= 0.6 is 0 Å². The molecule has 1 amide bonds. The van der Waals surface area contributed by atoms with Gasteiger partial charge in [0.05, 0.1) is 29.4 Å². The maximum Gasteiger partial charge on any atom is 0.306 e. The number of likely N-dealkylation sites (tertiary alicyclic amines) is 2. The summed E-state index contributed by atoms with van der Waals surface area (Å²) in [4.78, 5) is 37.0. The molecule has 13 heteroatoms. The van der Waals surface area contributed by atoms with Crippen molar-refractivity contribution in [3.63, 3.8) is 0 Å². The van der Waals surface area contributed by atoms with Crippen LogP contribution in [0.3, 0.4) is 0 Å². The van der Waals surface area contributed by atoms with Crippen molar-refractivity contribution in [2.24, 2.45) is 17.6 Å². The number of rotatable bonds is 15. The summed E-state index contributed by atoms with van der Waals surface area (Å²) in [5, 5.41) is 12.0. The Morgan fingerprint density at radius 2 is 1.08 bits per heavy atom. The van der Waals surface area contributed by atoms with E-state index in [-0.39, 0.29) is 35.4 Å². The predicted octanol–water partition coefficient (Wildman–Crippen LogP) is 8.35. The fraction of sp³-hybridized carbons (Fsp3) is 0.308. The molecule has 2 fully saturated rings. The summed E-state index contributed by atoms with van der Waals surface area (Å²) in [7, 11) is 0. The van der Waals surface area contributed by atoms with E-state index >= 15 is 0 Å². The molecular weight excluding hydrogens is 827 g/mol. The first-order valence-corrected chi connectivity index (χ1v) is 22.1. The van der Waals surface area contributed by atoms with Gasteiger partial charge >= 0.3 is 5.97 Å². The number of carbonyl (C=O) groups is 2. The van der Waals surface area contributed by atoms with Gasteiger partial charge in [0.15, 0.2) is 0 Å². The second-order valence-corrected chi connectivity index (χ2v) is 15.9. The standard InChI is InChI=1S/C26H28FN3O2.C14H19NO3.C12H11FN2/c27-22-8-6-7-21(19-22)25(24-11-4-5-14-28-24)29-26(31)20-12-15-30(16-13-20)17-18-32-23-9-2-1-3-10-23;16-14(17)12-6-8-15(9-7-12)10-11-18-13-4-2-1-3-5-13;13-10-5-3-4-9(8-10)12(14)11-6-1-2-7-15-11/h1-11,14,19-20,25H,12-13,15-18H2,(H,29,31);1-5,12H,6-11H2,(H,16,17);1-8,12H,14H2. The lowest BCUT2D eigenvalue weighted by atomic mass is 9.94. The fourth-order valence-electron chi connectivity index (χ4n) is 7.69. The van der Waals surface area contributed by atoms with Gasteiger partial charge in [-0.15, -0.1) is 0 Å². The Kier molecular flexibility index (Phi) is 18.9. The van der Waals surface area contributed by atoms with Crippen molar-refractivity contribution in [2.45, 2.75) is 37.8 Å². The Morgan fingerprint density at radius 3 is 1.55 bits per heavy atom. The van der Waals surface area contributed by atoms with Gasteiger partial charge in [0.2, 0.25) is 5.91 Å². The normalized spacial score (nSPS) is 15.5. The van der Waals surface area contributed by atoms with Gasteiger partial charge in [-0.25, -0.2) is 8.78 Å². The first-order chi connectivity index (χ1) is 31.7. The van der Waals surface area contributed by atoms with E-state index < -0.39 is 12.0 Å². The molecule has 11 nitrogen and oxygen atoms in total. The van der Waals surface area contributed by atoms with Crippen molar-refractivity contribution in [2.75, 3.05) is 52.5 Å². The molecule has 6 aromatic rings. The molecule has 0 spiro atoms. The summed E-state index contributed by atoms with van der Waals surface area (Å²) in [5.41, 5.74) is 8.81. The third-order valence-electron chi connectivity index (χ3n) is 11.4. The second kappa shape index (κ2) is 25.7. The van der Waals surface area contributed by atoms with Crippen LogP contribution in [0.2, 0.25) is 0 Å². The van der Waals surface area contributed by atoms with E-state index in [1.807, 2.05) is 103 Å². The number of nitrogens with one attached hydrogen (secondary N) is 1. The fourth-order valence-corrected chi connectivity index (χ4v) is 7.69. The van der Waals surface area contributed by atoms with Crippen LogP contribution in [0.15, 0.2) is 158 Å². The van der Waals surface area contributed by atoms with Gasteiger partial charge in [-0.1, -0.05) is 72.8 Å². The lowest BCUT2D eigenvalue weighted by Crippen LogP contribution is -2.43. The maximum absolute atomic E-state index is 13.8. The van der Waals surface area contributed by atoms with Crippen LogP contribution in [-0.2, 0) is 9.59 Å². The third-order valence-corrected chi connectivity index (χ3v) is 11.4. The van der Waals surface area contributed by atoms with Crippen LogP contribution in [0.1, 0.15) is 60.3 Å². The zero-order valence-corrected chi connectivity index (χ0v) is 36.5. The lowest BCUT2D eigenvalue weighted by Gasteiger charge is -2.32. The molecule has 4 heterocycles. The molecule has 2 atom stereocenters. The lowest BCUT2D eigenvalue weighted by molar-refractivity contribution is -0.143. The minimum Gasteiger partial charge on any atom is -0.492 e. The molecule has 4 aromatic carbocycles. The number of carbonyl (C=O) groups excluding carboxylic acids is 1. The average molecular weight is 885 g/mol. The molecule has 8 rings (SSSR count). The SMILES string of the molecule is NC(c1cccc(F)c1)c1ccccn1.O=C(NC(c1cccc(F)c1)c1ccccn1)C1CCN(CCOc2ccccc2)CC1.O=C(O)C1CCN(CCOc2ccccc2)CC1. The molecule has 2 saturated heterocycles. The molecule has 65 heavy (non-hydrogen) atoms. The Bertz CT molecular complexity index is 2300. The van der Waals surface area contributed by atoms with Crippen molar-refractivity contribution in [3.05, 3.63) is 192 Å². The molecule has 2 aliphatic rings. The summed E-state index contributed by atoms with van der Waals surface area (Å²) in [5.74, 6) is 0.262. The van der Waals surface area contributed by atoms with E-state index in [1.54, 1.807) is 30.6 Å². The first kappa shape index (κ1) is 47.9. The topological polar surface area (TPSA) is 143 Å². The van der Waals surface area contributed by atoms with Gasteiger partial charge in [-0.3, -0.25) is 29.4 Å². The van der Waals surface area contributed by atoms with Gasteiger partial charge in [0, 0.05) is 31.4 Å². The zero-order valence-electron chi connectivity index (χ0n) is 36.5. The molecule has 4 N–H and O–H groups in total. The van der Waals surface area contributed by atoms with Crippen molar-refractivity contribution in [3.8, 4) is 11.5 Å². The molecular formula is C52H58F2N6O5. The van der Waals surface area contributed by atoms with Gasteiger partial charge in [-0.05, 0) is 136 Å². The van der Waals surface area contributed by atoms with Crippen molar-refractivity contribution >= 4 is 11.9 Å². The number of halogens is 2. The van der Waals surface area contributed by atoms with Crippen LogP contribution < -0.4 is 20.5 Å². The van der Waals surface area contributed by atoms with E-state index in [9.17, 15) is 18.4 Å². The number of hydrogen-bond donors (Lipinski definition) is 3. The van der Waals surface area contributed by atoms with Crippen molar-refractivity contribution in [1.82, 2.24) is 25.1 Å². The molecule has 0 radical (unpaired) electrons. The number of piperidine rings is 2. The number of carboxylic acids is 1. The molecule has 2 aliphatic heterocycles. The number of aliphatic carboxylic acids is 1. The zero-order chi connectivity index (χ0) is 45.6. The van der Waals surface area contributed by atoms with Crippen LogP contribution in [-0.4, -0.2) is 89.2 Å². The first-order valence-electron chi connectivity index (χ1n) is 22.1. The van der Waals surface area contributed by atoms with E-state index in [1.165, 1.54) is 24.3 Å². The predicted molar refractivity (Wildman–Crippen MR) is 247 cm³/mol. The number of amides is 1. The molecule has 2 aromatic heterocycles. The van der Waals surface area contributed by atoms with Crippen LogP contribution in [0.4, 0.5) is 8.78 Å². The Hall–Kier alpha value is -6.54. The summed E-state index contributed by atoms with van der Waals surface area (Å²) in [6.07, 6.45) is 6.43. The summed E-state index contributed by atoms with van der Waals surface area (Å²) in [6.45, 7) is 6.40. The summed E-state index contributed by atoms with van der Waals surface area (Å²) in [6, 6.07) is 42.3. The monoisotopic (exact) mass is 884 g/mol. The minimum atomic E-state index is -0.657. The van der Waals surface area contributed by atoms with Crippen LogP contribution in [0.25, 0.3) is 0 Å². The van der Waals surface area contributed by atoms with Crippen LogP contribution in [0.5, 0.6) is 11.5 Å². The largest absolute Gasteiger partial charge is 0.492 e. The molecule has 0 saturated carbocycles. The number of para-hydroxylation sites is 2. The molecule has 0 bridgehead atoms. The highest BCUT2D eigenvalue weighted by Gasteiger charge is 2.28. The third kappa shape index (κ3) is 15.9. The van der Waals surface area contributed by atoms with Crippen molar-refractivity contribution < 1.29 is 33.0 Å². The van der Waals surface area contributed by atoms with E-state index in [2.05, 4.69) is 25.1 Å². The van der Waals surface area contributed by atoms with Gasteiger partial charge in [0.25, 0.3) is 0 Å². The second-order valence-electron chi connectivity index (χ2n) is 15.9. The van der Waals surface area contributed by atoms with E-state index in [4.69, 9.17) is 20.3 Å². The molecule has 2 unspecified atom stereocenters. The van der Waals surface area contributed by atoms with Gasteiger partial charge in [-0.2, -0.15) is 0 Å². The number of nitrogens with zero attached hydrogens (tertiary/aromatic N) is 4. The van der Waals surface area contributed by atoms with Gasteiger partial charge < -0.3 is 25.6 Å². The van der Waals surface area contributed by atoms with Gasteiger partial charge in [0.1, 0.15) is 36.3 Å². The summed E-state index contributed by atoms with van der Waals surface area (Å²) >= 11 is 0. The van der Waals surface area contributed by atoms with Crippen LogP contribution in [0, 0.1) is 23.5 Å². The number of pyridine rings is 2. The molecule has 0 aliphatic carbocycles. The smallest absolute Gasteiger partial charge is 0.306 e. The highest BCUT2D eigenvalue weighted by molar-refractivity contribution is 5.79. The molecule has 340 valence electrons.